The zero-order valence-corrected chi connectivity index (χ0v) is 14.5. The van der Waals surface area contributed by atoms with Gasteiger partial charge in [0.15, 0.2) is 0 Å². The lowest BCUT2D eigenvalue weighted by Gasteiger charge is -2.35. The molecule has 0 radical (unpaired) electrons. The van der Waals surface area contributed by atoms with Gasteiger partial charge in [-0.25, -0.2) is 0 Å². The lowest BCUT2D eigenvalue weighted by Crippen LogP contribution is -2.24. The quantitative estimate of drug-likeness (QED) is 0.390. The van der Waals surface area contributed by atoms with Crippen LogP contribution >= 0.6 is 0 Å². The van der Waals surface area contributed by atoms with Crippen molar-refractivity contribution in [3.8, 4) is 0 Å². The van der Waals surface area contributed by atoms with Crippen LogP contribution in [0.3, 0.4) is 0 Å². The normalized spacial score (nSPS) is 14.5. The Morgan fingerprint density at radius 2 is 1.81 bits per heavy atom. The number of hydrogen-bond acceptors (Lipinski definition) is 1. The van der Waals surface area contributed by atoms with Crippen LogP contribution in [0.15, 0.2) is 42.7 Å². The molecule has 1 aromatic rings. The van der Waals surface area contributed by atoms with Gasteiger partial charge in [0, 0.05) is 5.92 Å². The zero-order valence-electron chi connectivity index (χ0n) is 14.5. The number of hydrogen-bond donors (Lipinski definition) is 0. The maximum Gasteiger partial charge on any atom is 0.0916 e. The third kappa shape index (κ3) is 5.57. The van der Waals surface area contributed by atoms with Crippen molar-refractivity contribution in [1.82, 2.24) is 0 Å². The fourth-order valence-corrected chi connectivity index (χ4v) is 2.76. The standard InChI is InChI=1S/C20H32O/c1-7-8-14-21-18(4)16(2)15-20(5,6)17(3)19-12-10-9-11-13-19/h9-13,16-17H,4,7-8,14-15H2,1-3,5-6H3. The fourth-order valence-electron chi connectivity index (χ4n) is 2.76. The van der Waals surface area contributed by atoms with Crippen molar-refractivity contribution in [3.05, 3.63) is 48.2 Å². The van der Waals surface area contributed by atoms with E-state index in [2.05, 4.69) is 71.5 Å². The predicted octanol–water partition coefficient (Wildman–Crippen LogP) is 6.17. The van der Waals surface area contributed by atoms with E-state index in [0.29, 0.717) is 11.8 Å². The summed E-state index contributed by atoms with van der Waals surface area (Å²) >= 11 is 0. The maximum atomic E-state index is 5.78. The van der Waals surface area contributed by atoms with Crippen LogP contribution in [-0.4, -0.2) is 6.61 Å². The molecule has 0 spiro atoms. The summed E-state index contributed by atoms with van der Waals surface area (Å²) in [7, 11) is 0. The summed E-state index contributed by atoms with van der Waals surface area (Å²) in [4.78, 5) is 0. The first-order valence-corrected chi connectivity index (χ1v) is 8.25. The van der Waals surface area contributed by atoms with E-state index >= 15 is 0 Å². The lowest BCUT2D eigenvalue weighted by atomic mass is 9.71. The summed E-state index contributed by atoms with van der Waals surface area (Å²) in [6, 6.07) is 10.8. The van der Waals surface area contributed by atoms with Crippen molar-refractivity contribution in [3.63, 3.8) is 0 Å². The highest BCUT2D eigenvalue weighted by molar-refractivity contribution is 5.21. The van der Waals surface area contributed by atoms with Gasteiger partial charge in [0.25, 0.3) is 0 Å². The number of allylic oxidation sites excluding steroid dienone is 1. The molecule has 0 saturated carbocycles. The van der Waals surface area contributed by atoms with Gasteiger partial charge in [-0.3, -0.25) is 0 Å². The van der Waals surface area contributed by atoms with Gasteiger partial charge in [-0.15, -0.1) is 0 Å². The zero-order chi connectivity index (χ0) is 15.9. The van der Waals surface area contributed by atoms with E-state index in [1.54, 1.807) is 0 Å². The van der Waals surface area contributed by atoms with Crippen LogP contribution in [0.4, 0.5) is 0 Å². The van der Waals surface area contributed by atoms with Gasteiger partial charge in [0.05, 0.1) is 12.4 Å². The first-order chi connectivity index (χ1) is 9.88. The van der Waals surface area contributed by atoms with Crippen LogP contribution in [0, 0.1) is 11.3 Å². The van der Waals surface area contributed by atoms with Crippen LogP contribution in [0.5, 0.6) is 0 Å². The SMILES string of the molecule is C=C(OCCCC)C(C)CC(C)(C)C(C)c1ccccc1. The molecule has 1 aromatic carbocycles. The molecular weight excluding hydrogens is 256 g/mol. The van der Waals surface area contributed by atoms with Gasteiger partial charge in [-0.1, -0.05) is 78.0 Å². The van der Waals surface area contributed by atoms with Crippen LogP contribution in [0.1, 0.15) is 65.4 Å². The van der Waals surface area contributed by atoms with Crippen LogP contribution in [-0.2, 0) is 4.74 Å². The van der Waals surface area contributed by atoms with Crippen LogP contribution < -0.4 is 0 Å². The van der Waals surface area contributed by atoms with E-state index in [1.807, 2.05) is 0 Å². The smallest absolute Gasteiger partial charge is 0.0916 e. The van der Waals surface area contributed by atoms with Crippen molar-refractivity contribution in [1.29, 1.82) is 0 Å². The molecule has 0 N–H and O–H groups in total. The Kier molecular flexibility index (Phi) is 7.01. The molecule has 2 unspecified atom stereocenters. The Hall–Kier alpha value is -1.24. The van der Waals surface area contributed by atoms with Gasteiger partial charge in [0.1, 0.15) is 0 Å². The molecule has 0 aliphatic rings. The molecule has 0 aliphatic carbocycles. The molecule has 1 rings (SSSR count). The van der Waals surface area contributed by atoms with Gasteiger partial charge in [0.2, 0.25) is 0 Å². The van der Waals surface area contributed by atoms with E-state index in [-0.39, 0.29) is 5.41 Å². The molecule has 0 heterocycles. The monoisotopic (exact) mass is 288 g/mol. The first kappa shape index (κ1) is 17.8. The summed E-state index contributed by atoms with van der Waals surface area (Å²) in [5.41, 5.74) is 1.63. The lowest BCUT2D eigenvalue weighted by molar-refractivity contribution is 0.149. The maximum absolute atomic E-state index is 5.78. The number of unbranched alkanes of at least 4 members (excludes halogenated alkanes) is 1. The van der Waals surface area contributed by atoms with E-state index < -0.39 is 0 Å². The number of rotatable bonds is 9. The molecule has 2 atom stereocenters. The molecule has 1 heteroatoms. The Morgan fingerprint density at radius 1 is 1.19 bits per heavy atom. The van der Waals surface area contributed by atoms with Crippen molar-refractivity contribution in [2.24, 2.45) is 11.3 Å². The molecular formula is C20H32O. The molecule has 118 valence electrons. The second-order valence-corrected chi connectivity index (χ2v) is 6.89. The second-order valence-electron chi connectivity index (χ2n) is 6.89. The van der Waals surface area contributed by atoms with Gasteiger partial charge < -0.3 is 4.74 Å². The van der Waals surface area contributed by atoms with Crippen LogP contribution in [0.2, 0.25) is 0 Å². The molecule has 21 heavy (non-hydrogen) atoms. The molecule has 0 aliphatic heterocycles. The molecule has 0 bridgehead atoms. The topological polar surface area (TPSA) is 9.23 Å². The molecule has 0 aromatic heterocycles. The van der Waals surface area contributed by atoms with Gasteiger partial charge >= 0.3 is 0 Å². The van der Waals surface area contributed by atoms with E-state index in [9.17, 15) is 0 Å². The molecule has 0 saturated heterocycles. The first-order valence-electron chi connectivity index (χ1n) is 8.25. The summed E-state index contributed by atoms with van der Waals surface area (Å²) in [6.07, 6.45) is 3.36. The van der Waals surface area contributed by atoms with Crippen LogP contribution in [0.25, 0.3) is 0 Å². The highest BCUT2D eigenvalue weighted by Crippen LogP contribution is 2.41. The average Bonchev–Trinajstić information content (AvgIpc) is 2.47. The van der Waals surface area contributed by atoms with Crippen molar-refractivity contribution < 1.29 is 4.74 Å². The Morgan fingerprint density at radius 3 is 2.38 bits per heavy atom. The number of ether oxygens (including phenoxy) is 1. The minimum Gasteiger partial charge on any atom is -0.498 e. The Balaban J connectivity index is 2.60. The summed E-state index contributed by atoms with van der Waals surface area (Å²) in [6.45, 7) is 16.3. The van der Waals surface area contributed by atoms with E-state index in [4.69, 9.17) is 4.74 Å². The summed E-state index contributed by atoms with van der Waals surface area (Å²) in [5, 5.41) is 0. The Bertz CT molecular complexity index is 419. The highest BCUT2D eigenvalue weighted by Gasteiger charge is 2.30. The van der Waals surface area contributed by atoms with E-state index in [1.165, 1.54) is 5.56 Å². The number of benzene rings is 1. The highest BCUT2D eigenvalue weighted by atomic mass is 16.5. The minimum atomic E-state index is 0.220. The second kappa shape index (κ2) is 8.26. The summed E-state index contributed by atoms with van der Waals surface area (Å²) < 4.78 is 5.78. The fraction of sp³-hybridized carbons (Fsp3) is 0.600. The third-order valence-electron chi connectivity index (χ3n) is 4.64. The Labute approximate surface area is 131 Å². The van der Waals surface area contributed by atoms with Crippen molar-refractivity contribution in [2.45, 2.75) is 59.8 Å². The molecule has 1 nitrogen and oxygen atoms in total. The third-order valence-corrected chi connectivity index (χ3v) is 4.64. The molecule has 0 fully saturated rings. The summed E-state index contributed by atoms with van der Waals surface area (Å²) in [5.74, 6) is 1.85. The van der Waals surface area contributed by atoms with Crippen molar-refractivity contribution in [2.75, 3.05) is 6.61 Å². The largest absolute Gasteiger partial charge is 0.498 e. The van der Waals surface area contributed by atoms with Gasteiger partial charge in [-0.05, 0) is 29.7 Å². The predicted molar refractivity (Wildman–Crippen MR) is 92.4 cm³/mol. The van der Waals surface area contributed by atoms with E-state index in [0.717, 1.165) is 31.6 Å². The van der Waals surface area contributed by atoms with Gasteiger partial charge in [-0.2, -0.15) is 0 Å². The molecule has 0 amide bonds. The minimum absolute atomic E-state index is 0.220. The van der Waals surface area contributed by atoms with Crippen molar-refractivity contribution >= 4 is 0 Å². The average molecular weight is 288 g/mol.